The van der Waals surface area contributed by atoms with E-state index < -0.39 is 16.0 Å². The minimum Gasteiger partial charge on any atom is -0.293 e. The molecule has 2 unspecified atom stereocenters. The summed E-state index contributed by atoms with van der Waals surface area (Å²) in [6.45, 7) is 5.55. The first-order valence-corrected chi connectivity index (χ1v) is 7.89. The van der Waals surface area contributed by atoms with Crippen LogP contribution in [-0.4, -0.2) is 15.2 Å². The average Bonchev–Trinajstić information content (AvgIpc) is 2.48. The van der Waals surface area contributed by atoms with Gasteiger partial charge in [0.05, 0.1) is 16.0 Å². The highest BCUT2D eigenvalue weighted by molar-refractivity contribution is 7.86. The van der Waals surface area contributed by atoms with Gasteiger partial charge in [-0.3, -0.25) is 9.00 Å². The SMILES string of the molecule is Cc1ccc(C(=O)C(C)S(=O)c2ccc(F)cc2)cc1C. The number of rotatable bonds is 4. The summed E-state index contributed by atoms with van der Waals surface area (Å²) in [7, 11) is -1.50. The summed E-state index contributed by atoms with van der Waals surface area (Å²) < 4.78 is 25.3. The molecule has 0 aliphatic carbocycles. The average molecular weight is 304 g/mol. The molecule has 0 aromatic heterocycles. The molecule has 0 radical (unpaired) electrons. The van der Waals surface area contributed by atoms with Gasteiger partial charge in [-0.2, -0.15) is 0 Å². The number of aryl methyl sites for hydroxylation is 2. The van der Waals surface area contributed by atoms with Crippen molar-refractivity contribution in [1.82, 2.24) is 0 Å². The molecule has 2 nitrogen and oxygen atoms in total. The molecule has 21 heavy (non-hydrogen) atoms. The van der Waals surface area contributed by atoms with Crippen LogP contribution >= 0.6 is 0 Å². The molecule has 0 aliphatic heterocycles. The summed E-state index contributed by atoms with van der Waals surface area (Å²) in [4.78, 5) is 12.9. The van der Waals surface area contributed by atoms with E-state index in [2.05, 4.69) is 0 Å². The van der Waals surface area contributed by atoms with E-state index >= 15 is 0 Å². The fourth-order valence-corrected chi connectivity index (χ4v) is 3.14. The molecule has 0 spiro atoms. The molecule has 0 fully saturated rings. The molecule has 110 valence electrons. The second kappa shape index (κ2) is 6.31. The van der Waals surface area contributed by atoms with E-state index in [1.807, 2.05) is 26.0 Å². The van der Waals surface area contributed by atoms with E-state index in [1.54, 1.807) is 13.0 Å². The quantitative estimate of drug-likeness (QED) is 0.805. The van der Waals surface area contributed by atoms with Crippen molar-refractivity contribution in [2.45, 2.75) is 30.9 Å². The minimum atomic E-state index is -1.50. The Kier molecular flexibility index (Phi) is 4.68. The van der Waals surface area contributed by atoms with Crippen LogP contribution in [0.5, 0.6) is 0 Å². The largest absolute Gasteiger partial charge is 0.293 e. The van der Waals surface area contributed by atoms with Gasteiger partial charge in [0.25, 0.3) is 0 Å². The predicted molar refractivity (Wildman–Crippen MR) is 82.5 cm³/mol. The Hall–Kier alpha value is -1.81. The molecule has 0 bridgehead atoms. The van der Waals surface area contributed by atoms with Crippen LogP contribution in [0, 0.1) is 19.7 Å². The molecule has 0 aliphatic rings. The van der Waals surface area contributed by atoms with Crippen molar-refractivity contribution in [2.75, 3.05) is 0 Å². The van der Waals surface area contributed by atoms with Gasteiger partial charge in [0.2, 0.25) is 0 Å². The van der Waals surface area contributed by atoms with Crippen LogP contribution in [-0.2, 0) is 10.8 Å². The molecule has 0 amide bonds. The molecule has 2 aromatic carbocycles. The van der Waals surface area contributed by atoms with Gasteiger partial charge in [-0.25, -0.2) is 4.39 Å². The lowest BCUT2D eigenvalue weighted by Gasteiger charge is -2.12. The monoisotopic (exact) mass is 304 g/mol. The van der Waals surface area contributed by atoms with Gasteiger partial charge in [0.15, 0.2) is 5.78 Å². The lowest BCUT2D eigenvalue weighted by molar-refractivity contribution is 0.0992. The number of hydrogen-bond acceptors (Lipinski definition) is 2. The third-order valence-electron chi connectivity index (χ3n) is 3.53. The molecule has 0 heterocycles. The Bertz CT molecular complexity index is 692. The zero-order chi connectivity index (χ0) is 15.6. The summed E-state index contributed by atoms with van der Waals surface area (Å²) in [5.41, 5.74) is 2.69. The highest BCUT2D eigenvalue weighted by atomic mass is 32.2. The van der Waals surface area contributed by atoms with Gasteiger partial charge in [0, 0.05) is 10.5 Å². The fraction of sp³-hybridized carbons (Fsp3) is 0.235. The summed E-state index contributed by atoms with van der Waals surface area (Å²) in [6.07, 6.45) is 0. The third kappa shape index (κ3) is 3.45. The van der Waals surface area contributed by atoms with E-state index in [9.17, 15) is 13.4 Å². The highest BCUT2D eigenvalue weighted by Gasteiger charge is 2.23. The number of ketones is 1. The van der Waals surface area contributed by atoms with E-state index in [-0.39, 0.29) is 11.6 Å². The van der Waals surface area contributed by atoms with E-state index in [1.165, 1.54) is 24.3 Å². The number of halogens is 1. The summed E-state index contributed by atoms with van der Waals surface area (Å²) in [5, 5.41) is -0.669. The van der Waals surface area contributed by atoms with Gasteiger partial charge >= 0.3 is 0 Å². The van der Waals surface area contributed by atoms with Crippen molar-refractivity contribution in [2.24, 2.45) is 0 Å². The Balaban J connectivity index is 2.24. The van der Waals surface area contributed by atoms with Gasteiger partial charge in [-0.15, -0.1) is 0 Å². The predicted octanol–water partition coefficient (Wildman–Crippen LogP) is 3.82. The third-order valence-corrected chi connectivity index (χ3v) is 5.12. The summed E-state index contributed by atoms with van der Waals surface area (Å²) in [5.74, 6) is -0.551. The topological polar surface area (TPSA) is 34.1 Å². The zero-order valence-corrected chi connectivity index (χ0v) is 13.0. The second-order valence-corrected chi connectivity index (χ2v) is 6.83. The fourth-order valence-electron chi connectivity index (χ4n) is 2.00. The normalized spacial score (nSPS) is 13.7. The molecule has 0 saturated carbocycles. The maximum atomic E-state index is 12.9. The number of carbonyl (C=O) groups is 1. The summed E-state index contributed by atoms with van der Waals surface area (Å²) in [6, 6.07) is 10.9. The standard InChI is InChI=1S/C17H17FO2S/c1-11-4-5-14(10-12(11)2)17(19)13(3)21(20)16-8-6-15(18)7-9-16/h4-10,13H,1-3H3. The summed E-state index contributed by atoms with van der Waals surface area (Å²) >= 11 is 0. The van der Waals surface area contributed by atoms with Crippen molar-refractivity contribution in [3.05, 3.63) is 65.0 Å². The van der Waals surface area contributed by atoms with Crippen LogP contribution in [0.15, 0.2) is 47.4 Å². The van der Waals surface area contributed by atoms with Crippen LogP contribution in [0.2, 0.25) is 0 Å². The molecule has 2 atom stereocenters. The minimum absolute atomic E-state index is 0.166. The first-order valence-electron chi connectivity index (χ1n) is 6.68. The van der Waals surface area contributed by atoms with Crippen LogP contribution in [0.25, 0.3) is 0 Å². The first-order chi connectivity index (χ1) is 9.90. The first kappa shape index (κ1) is 15.6. The van der Waals surface area contributed by atoms with Crippen molar-refractivity contribution in [3.8, 4) is 0 Å². The van der Waals surface area contributed by atoms with Crippen LogP contribution in [0.1, 0.15) is 28.4 Å². The maximum Gasteiger partial charge on any atom is 0.178 e. The van der Waals surface area contributed by atoms with Crippen LogP contribution < -0.4 is 0 Å². The maximum absolute atomic E-state index is 12.9. The van der Waals surface area contributed by atoms with Gasteiger partial charge in [-0.1, -0.05) is 12.1 Å². The number of benzene rings is 2. The number of carbonyl (C=O) groups excluding carboxylic acids is 1. The van der Waals surface area contributed by atoms with Crippen molar-refractivity contribution >= 4 is 16.6 Å². The molecular weight excluding hydrogens is 287 g/mol. The Morgan fingerprint density at radius 1 is 1.05 bits per heavy atom. The number of Topliss-reactive ketones (excluding diaryl/α,β-unsaturated/α-hetero) is 1. The molecule has 0 N–H and O–H groups in total. The van der Waals surface area contributed by atoms with E-state index in [0.717, 1.165) is 11.1 Å². The van der Waals surface area contributed by atoms with Crippen molar-refractivity contribution in [1.29, 1.82) is 0 Å². The smallest absolute Gasteiger partial charge is 0.178 e. The molecule has 4 heteroatoms. The van der Waals surface area contributed by atoms with Gasteiger partial charge in [-0.05, 0) is 62.2 Å². The Morgan fingerprint density at radius 2 is 1.67 bits per heavy atom. The zero-order valence-electron chi connectivity index (χ0n) is 12.2. The lowest BCUT2D eigenvalue weighted by Crippen LogP contribution is -2.23. The molecular formula is C17H17FO2S. The van der Waals surface area contributed by atoms with Crippen LogP contribution in [0.3, 0.4) is 0 Å². The highest BCUT2D eigenvalue weighted by Crippen LogP contribution is 2.18. The van der Waals surface area contributed by atoms with E-state index in [4.69, 9.17) is 0 Å². The molecule has 2 aromatic rings. The second-order valence-electron chi connectivity index (χ2n) is 5.06. The van der Waals surface area contributed by atoms with E-state index in [0.29, 0.717) is 10.5 Å². The lowest BCUT2D eigenvalue weighted by atomic mass is 10.0. The van der Waals surface area contributed by atoms with Gasteiger partial charge < -0.3 is 0 Å². The van der Waals surface area contributed by atoms with Gasteiger partial charge in [0.1, 0.15) is 5.82 Å². The van der Waals surface area contributed by atoms with Crippen LogP contribution in [0.4, 0.5) is 4.39 Å². The van der Waals surface area contributed by atoms with Crippen molar-refractivity contribution in [3.63, 3.8) is 0 Å². The molecule has 0 saturated heterocycles. The Morgan fingerprint density at radius 3 is 2.24 bits per heavy atom. The van der Waals surface area contributed by atoms with Crippen molar-refractivity contribution < 1.29 is 13.4 Å². The Labute approximate surface area is 126 Å². The molecule has 2 rings (SSSR count). The number of hydrogen-bond donors (Lipinski definition) is 0.